The maximum Gasteiger partial charge on any atom is 0.0619 e. The Morgan fingerprint density at radius 2 is 2.12 bits per heavy atom. The second-order valence-corrected chi connectivity index (χ2v) is 5.18. The molecule has 2 fully saturated rings. The summed E-state index contributed by atoms with van der Waals surface area (Å²) < 4.78 is 5.54. The quantitative estimate of drug-likeness (QED) is 0.791. The lowest BCUT2D eigenvalue weighted by molar-refractivity contribution is -0.0366. The summed E-state index contributed by atoms with van der Waals surface area (Å²) in [4.78, 5) is 2.68. The highest BCUT2D eigenvalue weighted by molar-refractivity contribution is 4.90. The van der Waals surface area contributed by atoms with Crippen LogP contribution in [0.1, 0.15) is 39.5 Å². The van der Waals surface area contributed by atoms with E-state index in [-0.39, 0.29) is 0 Å². The van der Waals surface area contributed by atoms with Gasteiger partial charge in [-0.3, -0.25) is 4.90 Å². The van der Waals surface area contributed by atoms with Crippen molar-refractivity contribution in [1.82, 2.24) is 10.2 Å². The summed E-state index contributed by atoms with van der Waals surface area (Å²) in [6.45, 7) is 8.56. The van der Waals surface area contributed by atoms with E-state index < -0.39 is 0 Å². The van der Waals surface area contributed by atoms with Crippen molar-refractivity contribution in [3.63, 3.8) is 0 Å². The minimum absolute atomic E-state index is 0.595. The maximum absolute atomic E-state index is 5.54. The van der Waals surface area contributed by atoms with Crippen molar-refractivity contribution < 1.29 is 4.74 Å². The maximum atomic E-state index is 5.54. The van der Waals surface area contributed by atoms with E-state index >= 15 is 0 Å². The van der Waals surface area contributed by atoms with E-state index in [0.29, 0.717) is 12.1 Å². The lowest BCUT2D eigenvalue weighted by Crippen LogP contribution is -2.57. The van der Waals surface area contributed by atoms with Gasteiger partial charge in [0.05, 0.1) is 13.2 Å². The fraction of sp³-hybridized carbons (Fsp3) is 1.00. The first-order valence-corrected chi connectivity index (χ1v) is 6.89. The molecule has 0 bridgehead atoms. The molecule has 16 heavy (non-hydrogen) atoms. The second kappa shape index (κ2) is 5.99. The fourth-order valence-electron chi connectivity index (χ4n) is 3.24. The van der Waals surface area contributed by atoms with Crippen LogP contribution in [0.2, 0.25) is 0 Å². The molecule has 0 aromatic rings. The number of hydrogen-bond donors (Lipinski definition) is 1. The first-order valence-electron chi connectivity index (χ1n) is 6.89. The summed E-state index contributed by atoms with van der Waals surface area (Å²) in [5.41, 5.74) is 0. The zero-order valence-corrected chi connectivity index (χ0v) is 10.7. The third-order valence-electron chi connectivity index (χ3n) is 4.04. The van der Waals surface area contributed by atoms with E-state index in [1.54, 1.807) is 0 Å². The summed E-state index contributed by atoms with van der Waals surface area (Å²) >= 11 is 0. The molecule has 94 valence electrons. The molecule has 1 aliphatic carbocycles. The number of rotatable bonds is 3. The first-order chi connectivity index (χ1) is 7.83. The molecule has 3 unspecified atom stereocenters. The van der Waals surface area contributed by atoms with Gasteiger partial charge in [-0.05, 0) is 26.3 Å². The largest absolute Gasteiger partial charge is 0.379 e. The van der Waals surface area contributed by atoms with Crippen molar-refractivity contribution >= 4 is 0 Å². The molecule has 3 heteroatoms. The zero-order chi connectivity index (χ0) is 11.4. The van der Waals surface area contributed by atoms with Crippen molar-refractivity contribution in [2.75, 3.05) is 26.3 Å². The topological polar surface area (TPSA) is 24.5 Å². The van der Waals surface area contributed by atoms with Crippen LogP contribution >= 0.6 is 0 Å². The number of nitrogens with one attached hydrogen (secondary N) is 1. The molecule has 1 heterocycles. The van der Waals surface area contributed by atoms with Crippen LogP contribution in [-0.2, 0) is 4.74 Å². The van der Waals surface area contributed by atoms with Crippen LogP contribution in [0.15, 0.2) is 0 Å². The van der Waals surface area contributed by atoms with Crippen molar-refractivity contribution in [1.29, 1.82) is 0 Å². The highest BCUT2D eigenvalue weighted by Crippen LogP contribution is 2.25. The smallest absolute Gasteiger partial charge is 0.0619 e. The predicted molar refractivity (Wildman–Crippen MR) is 66.7 cm³/mol. The van der Waals surface area contributed by atoms with Crippen LogP contribution in [0.5, 0.6) is 0 Å². The van der Waals surface area contributed by atoms with Gasteiger partial charge in [0, 0.05) is 24.7 Å². The average Bonchev–Trinajstić information content (AvgIpc) is 2.31. The van der Waals surface area contributed by atoms with E-state index in [9.17, 15) is 0 Å². The monoisotopic (exact) mass is 226 g/mol. The van der Waals surface area contributed by atoms with Crippen molar-refractivity contribution in [3.8, 4) is 0 Å². The average molecular weight is 226 g/mol. The number of ether oxygens (including phenoxy) is 1. The summed E-state index contributed by atoms with van der Waals surface area (Å²) in [7, 11) is 0. The molecule has 3 nitrogen and oxygen atoms in total. The normalized spacial score (nSPS) is 37.5. The Bertz CT molecular complexity index is 208. The fourth-order valence-corrected chi connectivity index (χ4v) is 3.24. The standard InChI is InChI=1S/C13H26N2O/c1-3-14-12-6-4-5-7-13(12)15-8-9-16-10-11(15)2/h11-14H,3-10H2,1-2H3. The van der Waals surface area contributed by atoms with Crippen LogP contribution in [0.25, 0.3) is 0 Å². The van der Waals surface area contributed by atoms with E-state index in [4.69, 9.17) is 4.74 Å². The molecule has 2 aliphatic rings. The first kappa shape index (κ1) is 12.3. The van der Waals surface area contributed by atoms with E-state index in [1.807, 2.05) is 0 Å². The summed E-state index contributed by atoms with van der Waals surface area (Å²) in [5, 5.41) is 3.67. The predicted octanol–water partition coefficient (Wildman–Crippen LogP) is 1.63. The molecule has 1 saturated carbocycles. The molecule has 0 aromatic heterocycles. The van der Waals surface area contributed by atoms with Gasteiger partial charge >= 0.3 is 0 Å². The summed E-state index contributed by atoms with van der Waals surface area (Å²) in [6, 6.07) is 2.05. The van der Waals surface area contributed by atoms with Gasteiger partial charge in [0.2, 0.25) is 0 Å². The van der Waals surface area contributed by atoms with Crippen molar-refractivity contribution in [3.05, 3.63) is 0 Å². The van der Waals surface area contributed by atoms with Crippen LogP contribution < -0.4 is 5.32 Å². The lowest BCUT2D eigenvalue weighted by atomic mass is 9.88. The molecule has 1 N–H and O–H groups in total. The van der Waals surface area contributed by atoms with Gasteiger partial charge in [0.25, 0.3) is 0 Å². The SMILES string of the molecule is CCNC1CCCCC1N1CCOCC1C. The van der Waals surface area contributed by atoms with E-state index in [1.165, 1.54) is 25.7 Å². The molecule has 1 aliphatic heterocycles. The molecule has 2 rings (SSSR count). The molecule has 0 spiro atoms. The third-order valence-corrected chi connectivity index (χ3v) is 4.04. The Morgan fingerprint density at radius 1 is 1.31 bits per heavy atom. The Hall–Kier alpha value is -0.120. The highest BCUT2D eigenvalue weighted by Gasteiger charge is 2.33. The van der Waals surface area contributed by atoms with Crippen molar-refractivity contribution in [2.45, 2.75) is 57.7 Å². The van der Waals surface area contributed by atoms with Gasteiger partial charge < -0.3 is 10.1 Å². The minimum Gasteiger partial charge on any atom is -0.379 e. The Balaban J connectivity index is 1.97. The number of hydrogen-bond acceptors (Lipinski definition) is 3. The Kier molecular flexibility index (Phi) is 4.62. The van der Waals surface area contributed by atoms with Gasteiger partial charge in [-0.2, -0.15) is 0 Å². The zero-order valence-electron chi connectivity index (χ0n) is 10.7. The van der Waals surface area contributed by atoms with Crippen molar-refractivity contribution in [2.24, 2.45) is 0 Å². The van der Waals surface area contributed by atoms with Crippen LogP contribution in [0, 0.1) is 0 Å². The van der Waals surface area contributed by atoms with E-state index in [0.717, 1.165) is 32.3 Å². The van der Waals surface area contributed by atoms with Gasteiger partial charge in [0.15, 0.2) is 0 Å². The van der Waals surface area contributed by atoms with E-state index in [2.05, 4.69) is 24.1 Å². The summed E-state index contributed by atoms with van der Waals surface area (Å²) in [5.74, 6) is 0. The Labute approximate surface area is 99.5 Å². The third kappa shape index (κ3) is 2.76. The molecular weight excluding hydrogens is 200 g/mol. The van der Waals surface area contributed by atoms with Crippen LogP contribution in [-0.4, -0.2) is 49.3 Å². The number of morpholine rings is 1. The number of nitrogens with zero attached hydrogens (tertiary/aromatic N) is 1. The van der Waals surface area contributed by atoms with Gasteiger partial charge in [0.1, 0.15) is 0 Å². The number of likely N-dealkylation sites (N-methyl/N-ethyl adjacent to an activating group) is 1. The van der Waals surface area contributed by atoms with Crippen LogP contribution in [0.3, 0.4) is 0 Å². The lowest BCUT2D eigenvalue weighted by Gasteiger charge is -2.45. The molecular formula is C13H26N2O. The van der Waals surface area contributed by atoms with Crippen LogP contribution in [0.4, 0.5) is 0 Å². The Morgan fingerprint density at radius 3 is 2.88 bits per heavy atom. The molecule has 3 atom stereocenters. The molecule has 0 amide bonds. The second-order valence-electron chi connectivity index (χ2n) is 5.18. The molecule has 0 aromatic carbocycles. The highest BCUT2D eigenvalue weighted by atomic mass is 16.5. The minimum atomic E-state index is 0.595. The summed E-state index contributed by atoms with van der Waals surface area (Å²) in [6.07, 6.45) is 5.51. The molecule has 0 radical (unpaired) electrons. The van der Waals surface area contributed by atoms with Gasteiger partial charge in [-0.15, -0.1) is 0 Å². The van der Waals surface area contributed by atoms with Gasteiger partial charge in [-0.1, -0.05) is 19.8 Å². The molecule has 1 saturated heterocycles. The van der Waals surface area contributed by atoms with Gasteiger partial charge in [-0.25, -0.2) is 0 Å².